The lowest BCUT2D eigenvalue weighted by Crippen LogP contribution is -2.47. The van der Waals surface area contributed by atoms with Gasteiger partial charge in [0.05, 0.1) is 11.4 Å². The topological polar surface area (TPSA) is 75.3 Å². The van der Waals surface area contributed by atoms with Crippen LogP contribution in [0, 0.1) is 13.8 Å². The Morgan fingerprint density at radius 2 is 1.69 bits per heavy atom. The molecule has 29 heavy (non-hydrogen) atoms. The first-order valence-corrected chi connectivity index (χ1v) is 9.75. The molecular formula is C21H22N8. The van der Waals surface area contributed by atoms with Gasteiger partial charge in [-0.2, -0.15) is 9.61 Å². The van der Waals surface area contributed by atoms with Crippen LogP contribution in [0.4, 0.5) is 11.8 Å². The van der Waals surface area contributed by atoms with E-state index < -0.39 is 0 Å². The molecular weight excluding hydrogens is 364 g/mol. The van der Waals surface area contributed by atoms with Crippen LogP contribution in [-0.2, 0) is 0 Å². The van der Waals surface area contributed by atoms with Crippen LogP contribution < -0.4 is 9.80 Å². The van der Waals surface area contributed by atoms with Crippen LogP contribution in [0.25, 0.3) is 16.9 Å². The summed E-state index contributed by atoms with van der Waals surface area (Å²) >= 11 is 0. The van der Waals surface area contributed by atoms with Gasteiger partial charge in [-0.3, -0.25) is 4.98 Å². The highest BCUT2D eigenvalue weighted by atomic mass is 15.4. The molecule has 0 saturated carbocycles. The molecule has 1 saturated heterocycles. The largest absolute Gasteiger partial charge is 0.353 e. The fourth-order valence-corrected chi connectivity index (χ4v) is 3.73. The van der Waals surface area contributed by atoms with E-state index in [9.17, 15) is 0 Å². The summed E-state index contributed by atoms with van der Waals surface area (Å²) in [6, 6.07) is 9.98. The summed E-state index contributed by atoms with van der Waals surface area (Å²) in [5.74, 6) is 1.85. The molecule has 4 aromatic heterocycles. The molecule has 1 aliphatic rings. The van der Waals surface area contributed by atoms with Crippen LogP contribution in [0.1, 0.15) is 11.4 Å². The van der Waals surface area contributed by atoms with Crippen molar-refractivity contribution in [3.63, 3.8) is 0 Å². The van der Waals surface area contributed by atoms with Crippen molar-refractivity contribution in [2.45, 2.75) is 13.8 Å². The molecule has 0 radical (unpaired) electrons. The Morgan fingerprint density at radius 3 is 2.48 bits per heavy atom. The van der Waals surface area contributed by atoms with Crippen LogP contribution >= 0.6 is 0 Å². The van der Waals surface area contributed by atoms with Crippen molar-refractivity contribution in [1.82, 2.24) is 29.5 Å². The zero-order valence-corrected chi connectivity index (χ0v) is 16.5. The second-order valence-corrected chi connectivity index (χ2v) is 7.27. The average Bonchev–Trinajstić information content (AvgIpc) is 3.14. The Hall–Kier alpha value is -3.55. The van der Waals surface area contributed by atoms with Gasteiger partial charge in [0, 0.05) is 68.2 Å². The predicted molar refractivity (Wildman–Crippen MR) is 112 cm³/mol. The Labute approximate surface area is 168 Å². The van der Waals surface area contributed by atoms with Gasteiger partial charge in [-0.25, -0.2) is 15.0 Å². The van der Waals surface area contributed by atoms with Gasteiger partial charge >= 0.3 is 0 Å². The molecule has 146 valence electrons. The Morgan fingerprint density at radius 1 is 0.862 bits per heavy atom. The first kappa shape index (κ1) is 17.5. The Bertz CT molecular complexity index is 1150. The van der Waals surface area contributed by atoms with Gasteiger partial charge < -0.3 is 9.80 Å². The molecule has 1 aliphatic heterocycles. The van der Waals surface area contributed by atoms with Crippen molar-refractivity contribution >= 4 is 17.4 Å². The smallest absolute Gasteiger partial charge is 0.225 e. The molecule has 0 amide bonds. The van der Waals surface area contributed by atoms with E-state index in [4.69, 9.17) is 4.98 Å². The fraction of sp³-hybridized carbons (Fsp3) is 0.286. The van der Waals surface area contributed by atoms with Crippen molar-refractivity contribution in [2.75, 3.05) is 36.0 Å². The number of piperazine rings is 1. The van der Waals surface area contributed by atoms with Crippen LogP contribution in [0.3, 0.4) is 0 Å². The number of hydrogen-bond donors (Lipinski definition) is 0. The summed E-state index contributed by atoms with van der Waals surface area (Å²) in [6.45, 7) is 7.47. The van der Waals surface area contributed by atoms with Crippen molar-refractivity contribution in [1.29, 1.82) is 0 Å². The van der Waals surface area contributed by atoms with E-state index in [0.717, 1.165) is 66.2 Å². The van der Waals surface area contributed by atoms with Crippen LogP contribution in [0.5, 0.6) is 0 Å². The summed E-state index contributed by atoms with van der Waals surface area (Å²) in [5, 5.41) is 4.62. The number of anilines is 2. The van der Waals surface area contributed by atoms with Crippen molar-refractivity contribution in [3.8, 4) is 11.3 Å². The van der Waals surface area contributed by atoms with Gasteiger partial charge in [0.25, 0.3) is 0 Å². The van der Waals surface area contributed by atoms with Gasteiger partial charge in [0.15, 0.2) is 5.65 Å². The van der Waals surface area contributed by atoms with Crippen molar-refractivity contribution < 1.29 is 0 Å². The predicted octanol–water partition coefficient (Wildman–Crippen LogP) is 2.52. The third-order valence-electron chi connectivity index (χ3n) is 5.15. The summed E-state index contributed by atoms with van der Waals surface area (Å²) in [4.78, 5) is 22.6. The number of rotatable bonds is 3. The SMILES string of the molecule is Cc1cc(N2CCN(c3nccc(-c4cccnc4)n3)CC2)n2nc(C)cc2n1. The number of nitrogens with zero attached hydrogens (tertiary/aromatic N) is 8. The highest BCUT2D eigenvalue weighted by Gasteiger charge is 2.22. The van der Waals surface area contributed by atoms with Crippen LogP contribution in [-0.4, -0.2) is 55.7 Å². The molecule has 0 atom stereocenters. The lowest BCUT2D eigenvalue weighted by molar-refractivity contribution is 0.626. The maximum atomic E-state index is 4.76. The molecule has 4 aromatic rings. The minimum atomic E-state index is 0.761. The Balaban J connectivity index is 1.36. The molecule has 8 nitrogen and oxygen atoms in total. The van der Waals surface area contributed by atoms with E-state index in [-0.39, 0.29) is 0 Å². The molecule has 5 rings (SSSR count). The standard InChI is InChI=1S/C21H22N8/c1-15-13-20(29-19(24-15)12-16(2)26-29)27-8-10-28(11-9-27)21-23-7-5-18(25-21)17-4-3-6-22-14-17/h3-7,12-14H,8-11H2,1-2H3. The van der Waals surface area contributed by atoms with Crippen LogP contribution in [0.2, 0.25) is 0 Å². The quantitative estimate of drug-likeness (QED) is 0.535. The lowest BCUT2D eigenvalue weighted by atomic mass is 10.2. The minimum absolute atomic E-state index is 0.761. The normalized spacial score (nSPS) is 14.6. The van der Waals surface area contributed by atoms with E-state index in [0.29, 0.717) is 0 Å². The third-order valence-corrected chi connectivity index (χ3v) is 5.15. The molecule has 0 aromatic carbocycles. The zero-order chi connectivity index (χ0) is 19.8. The summed E-state index contributed by atoms with van der Waals surface area (Å²) in [5.41, 5.74) is 4.76. The van der Waals surface area contributed by atoms with Gasteiger partial charge in [0.1, 0.15) is 5.82 Å². The highest BCUT2D eigenvalue weighted by Crippen LogP contribution is 2.22. The second-order valence-electron chi connectivity index (χ2n) is 7.27. The van der Waals surface area contributed by atoms with E-state index in [1.165, 1.54) is 0 Å². The summed E-state index contributed by atoms with van der Waals surface area (Å²) in [7, 11) is 0. The van der Waals surface area contributed by atoms with Gasteiger partial charge in [-0.15, -0.1) is 0 Å². The fourth-order valence-electron chi connectivity index (χ4n) is 3.73. The molecule has 0 N–H and O–H groups in total. The zero-order valence-electron chi connectivity index (χ0n) is 16.5. The maximum absolute atomic E-state index is 4.76. The third kappa shape index (κ3) is 3.37. The van der Waals surface area contributed by atoms with E-state index in [2.05, 4.69) is 35.9 Å². The molecule has 1 fully saturated rings. The summed E-state index contributed by atoms with van der Waals surface area (Å²) < 4.78 is 1.94. The minimum Gasteiger partial charge on any atom is -0.353 e. The Kier molecular flexibility index (Phi) is 4.31. The highest BCUT2D eigenvalue weighted by molar-refractivity contribution is 5.59. The van der Waals surface area contributed by atoms with Crippen molar-refractivity contribution in [2.24, 2.45) is 0 Å². The second kappa shape index (κ2) is 7.12. The first-order chi connectivity index (χ1) is 14.2. The van der Waals surface area contributed by atoms with Gasteiger partial charge in [0.2, 0.25) is 5.95 Å². The number of hydrogen-bond acceptors (Lipinski definition) is 7. The summed E-state index contributed by atoms with van der Waals surface area (Å²) in [6.07, 6.45) is 5.41. The van der Waals surface area contributed by atoms with Crippen molar-refractivity contribution in [3.05, 3.63) is 60.3 Å². The number of aromatic nitrogens is 6. The lowest BCUT2D eigenvalue weighted by Gasteiger charge is -2.36. The molecule has 0 bridgehead atoms. The maximum Gasteiger partial charge on any atom is 0.225 e. The molecule has 0 spiro atoms. The van der Waals surface area contributed by atoms with Crippen LogP contribution in [0.15, 0.2) is 48.9 Å². The van der Waals surface area contributed by atoms with E-state index in [1.54, 1.807) is 6.20 Å². The number of aryl methyl sites for hydroxylation is 2. The molecule has 5 heterocycles. The number of fused-ring (bicyclic) bond motifs is 1. The van der Waals surface area contributed by atoms with E-state index >= 15 is 0 Å². The molecule has 0 aliphatic carbocycles. The van der Waals surface area contributed by atoms with Gasteiger partial charge in [-0.05, 0) is 32.0 Å². The van der Waals surface area contributed by atoms with E-state index in [1.807, 2.05) is 55.0 Å². The van der Waals surface area contributed by atoms with Gasteiger partial charge in [-0.1, -0.05) is 0 Å². The molecule has 0 unspecified atom stereocenters. The first-order valence-electron chi connectivity index (χ1n) is 9.75. The molecule has 8 heteroatoms. The average molecular weight is 386 g/mol. The number of pyridine rings is 1. The monoisotopic (exact) mass is 386 g/mol.